The molecule has 0 unspecified atom stereocenters. The number of ether oxygens (including phenoxy) is 1. The molecule has 5 nitrogen and oxygen atoms in total. The Balaban J connectivity index is 2.01. The lowest BCUT2D eigenvalue weighted by Gasteiger charge is -2.08. The summed E-state index contributed by atoms with van der Waals surface area (Å²) in [5.41, 5.74) is 2.65. The number of pyridine rings is 1. The Bertz CT molecular complexity index is 889. The number of carbonyl (C=O) groups excluding carboxylic acids is 1. The molecule has 0 aliphatic heterocycles. The first-order chi connectivity index (χ1) is 11.6. The van der Waals surface area contributed by atoms with Gasteiger partial charge in [-0.25, -0.2) is 4.98 Å². The second kappa shape index (κ2) is 6.93. The molecule has 3 aromatic rings. The van der Waals surface area contributed by atoms with Crippen LogP contribution in [0, 0.1) is 0 Å². The normalized spacial score (nSPS) is 10.8. The van der Waals surface area contributed by atoms with E-state index < -0.39 is 0 Å². The van der Waals surface area contributed by atoms with Gasteiger partial charge in [0, 0.05) is 18.0 Å². The van der Waals surface area contributed by atoms with Gasteiger partial charge in [0.25, 0.3) is 5.91 Å². The van der Waals surface area contributed by atoms with Gasteiger partial charge in [-0.3, -0.25) is 9.20 Å². The Kier molecular flexibility index (Phi) is 4.71. The van der Waals surface area contributed by atoms with Crippen LogP contribution in [-0.2, 0) is 6.42 Å². The lowest BCUT2D eigenvalue weighted by Crippen LogP contribution is -2.16. The van der Waals surface area contributed by atoms with E-state index in [4.69, 9.17) is 16.3 Å². The number of anilines is 1. The van der Waals surface area contributed by atoms with Gasteiger partial charge in [0.15, 0.2) is 0 Å². The van der Waals surface area contributed by atoms with E-state index in [0.717, 1.165) is 18.5 Å². The van der Waals surface area contributed by atoms with Crippen LogP contribution in [0.3, 0.4) is 0 Å². The van der Waals surface area contributed by atoms with Crippen molar-refractivity contribution in [3.05, 3.63) is 59.0 Å². The van der Waals surface area contributed by atoms with Crippen LogP contribution in [0.1, 0.15) is 29.5 Å². The van der Waals surface area contributed by atoms with Gasteiger partial charge in [-0.1, -0.05) is 31.0 Å². The van der Waals surface area contributed by atoms with Crippen molar-refractivity contribution in [3.63, 3.8) is 0 Å². The third-order valence-corrected chi connectivity index (χ3v) is 3.91. The van der Waals surface area contributed by atoms with Crippen LogP contribution in [0.15, 0.2) is 42.6 Å². The molecule has 2 heterocycles. The number of methoxy groups -OCH3 is 1. The van der Waals surface area contributed by atoms with Crippen molar-refractivity contribution < 1.29 is 9.53 Å². The van der Waals surface area contributed by atoms with E-state index in [1.165, 1.54) is 0 Å². The maximum absolute atomic E-state index is 12.8. The van der Waals surface area contributed by atoms with Gasteiger partial charge >= 0.3 is 0 Å². The molecule has 0 fully saturated rings. The molecule has 0 saturated heterocycles. The van der Waals surface area contributed by atoms with E-state index in [9.17, 15) is 4.79 Å². The van der Waals surface area contributed by atoms with Crippen LogP contribution in [0.5, 0.6) is 5.75 Å². The largest absolute Gasteiger partial charge is 0.497 e. The fraction of sp³-hybridized carbons (Fsp3) is 0.222. The summed E-state index contributed by atoms with van der Waals surface area (Å²) in [4.78, 5) is 17.4. The van der Waals surface area contributed by atoms with E-state index in [2.05, 4.69) is 17.2 Å². The summed E-state index contributed by atoms with van der Waals surface area (Å²) in [6, 6.07) is 10.8. The van der Waals surface area contributed by atoms with Gasteiger partial charge < -0.3 is 10.1 Å². The number of carbonyl (C=O) groups is 1. The number of aryl methyl sites for hydroxylation is 1. The van der Waals surface area contributed by atoms with Gasteiger partial charge in [-0.05, 0) is 30.7 Å². The highest BCUT2D eigenvalue weighted by Gasteiger charge is 2.19. The number of nitrogens with one attached hydrogen (secondary N) is 1. The molecule has 1 N–H and O–H groups in total. The quantitative estimate of drug-likeness (QED) is 0.755. The Morgan fingerprint density at radius 1 is 1.33 bits per heavy atom. The standard InChI is InChI=1S/C18H18ClN3O2/c1-3-5-15-17(22-11-12(19)8-9-16(22)21-15)18(23)20-13-6-4-7-14(10-13)24-2/h4,6-11H,3,5H2,1-2H3,(H,20,23). The lowest BCUT2D eigenvalue weighted by atomic mass is 10.2. The highest BCUT2D eigenvalue weighted by molar-refractivity contribution is 6.30. The summed E-state index contributed by atoms with van der Waals surface area (Å²) >= 11 is 6.08. The molecule has 6 heteroatoms. The Morgan fingerprint density at radius 2 is 2.17 bits per heavy atom. The van der Waals surface area contributed by atoms with Crippen molar-refractivity contribution in [3.8, 4) is 5.75 Å². The van der Waals surface area contributed by atoms with E-state index in [0.29, 0.717) is 27.8 Å². The summed E-state index contributed by atoms with van der Waals surface area (Å²) in [6.07, 6.45) is 3.33. The second-order valence-electron chi connectivity index (χ2n) is 5.42. The highest BCUT2D eigenvalue weighted by Crippen LogP contribution is 2.21. The first-order valence-corrected chi connectivity index (χ1v) is 8.12. The molecule has 0 aliphatic carbocycles. The lowest BCUT2D eigenvalue weighted by molar-refractivity contribution is 0.102. The number of imidazole rings is 1. The minimum atomic E-state index is -0.221. The number of hydrogen-bond donors (Lipinski definition) is 1. The fourth-order valence-corrected chi connectivity index (χ4v) is 2.77. The molecule has 0 radical (unpaired) electrons. The third kappa shape index (κ3) is 3.21. The van der Waals surface area contributed by atoms with Crippen LogP contribution >= 0.6 is 11.6 Å². The van der Waals surface area contributed by atoms with Crippen molar-refractivity contribution in [1.29, 1.82) is 0 Å². The molecule has 0 aliphatic rings. The number of amides is 1. The number of nitrogens with zero attached hydrogens (tertiary/aromatic N) is 2. The molecule has 0 saturated carbocycles. The van der Waals surface area contributed by atoms with Crippen molar-refractivity contribution in [1.82, 2.24) is 9.38 Å². The minimum absolute atomic E-state index is 0.221. The van der Waals surface area contributed by atoms with Gasteiger partial charge in [0.2, 0.25) is 0 Å². The molecule has 2 aromatic heterocycles. The molecular weight excluding hydrogens is 326 g/mol. The van der Waals surface area contributed by atoms with E-state index in [1.54, 1.807) is 29.8 Å². The van der Waals surface area contributed by atoms with E-state index >= 15 is 0 Å². The Morgan fingerprint density at radius 3 is 2.92 bits per heavy atom. The Hall–Kier alpha value is -2.53. The highest BCUT2D eigenvalue weighted by atomic mass is 35.5. The first-order valence-electron chi connectivity index (χ1n) is 7.74. The summed E-state index contributed by atoms with van der Waals surface area (Å²) in [5, 5.41) is 3.46. The zero-order valence-corrected chi connectivity index (χ0v) is 14.3. The van der Waals surface area contributed by atoms with Crippen LogP contribution in [-0.4, -0.2) is 22.4 Å². The number of rotatable bonds is 5. The molecule has 3 rings (SSSR count). The summed E-state index contributed by atoms with van der Waals surface area (Å²) in [5.74, 6) is 0.462. The Labute approximate surface area is 145 Å². The number of halogens is 1. The number of benzene rings is 1. The van der Waals surface area contributed by atoms with Crippen molar-refractivity contribution in [2.24, 2.45) is 0 Å². The van der Waals surface area contributed by atoms with E-state index in [1.807, 2.05) is 24.3 Å². The van der Waals surface area contributed by atoms with Crippen LogP contribution in [0.4, 0.5) is 5.69 Å². The molecule has 1 aromatic carbocycles. The molecule has 1 amide bonds. The van der Waals surface area contributed by atoms with Crippen molar-refractivity contribution >= 4 is 28.8 Å². The second-order valence-corrected chi connectivity index (χ2v) is 5.86. The molecule has 0 spiro atoms. The van der Waals surface area contributed by atoms with Crippen molar-refractivity contribution in [2.45, 2.75) is 19.8 Å². The maximum atomic E-state index is 12.8. The zero-order valence-electron chi connectivity index (χ0n) is 13.5. The summed E-state index contributed by atoms with van der Waals surface area (Å²) in [7, 11) is 1.59. The monoisotopic (exact) mass is 343 g/mol. The topological polar surface area (TPSA) is 55.6 Å². The van der Waals surface area contributed by atoms with Crippen LogP contribution in [0.2, 0.25) is 5.02 Å². The number of fused-ring (bicyclic) bond motifs is 1. The average molecular weight is 344 g/mol. The van der Waals surface area contributed by atoms with Crippen LogP contribution < -0.4 is 10.1 Å². The molecular formula is C18H18ClN3O2. The van der Waals surface area contributed by atoms with Gasteiger partial charge in [-0.15, -0.1) is 0 Å². The molecule has 0 atom stereocenters. The minimum Gasteiger partial charge on any atom is -0.497 e. The average Bonchev–Trinajstić information content (AvgIpc) is 2.92. The van der Waals surface area contributed by atoms with Crippen LogP contribution in [0.25, 0.3) is 5.65 Å². The smallest absolute Gasteiger partial charge is 0.274 e. The van der Waals surface area contributed by atoms with E-state index in [-0.39, 0.29) is 5.91 Å². The molecule has 124 valence electrons. The summed E-state index contributed by atoms with van der Waals surface area (Å²) in [6.45, 7) is 2.06. The zero-order chi connectivity index (χ0) is 17.1. The van der Waals surface area contributed by atoms with Gasteiger partial charge in [0.1, 0.15) is 17.1 Å². The predicted molar refractivity (Wildman–Crippen MR) is 95.1 cm³/mol. The van der Waals surface area contributed by atoms with Gasteiger partial charge in [-0.2, -0.15) is 0 Å². The number of hydrogen-bond acceptors (Lipinski definition) is 3. The SMILES string of the molecule is CCCc1nc2ccc(Cl)cn2c1C(=O)Nc1cccc(OC)c1. The molecule has 24 heavy (non-hydrogen) atoms. The number of aromatic nitrogens is 2. The third-order valence-electron chi connectivity index (χ3n) is 3.68. The fourth-order valence-electron chi connectivity index (χ4n) is 2.61. The van der Waals surface area contributed by atoms with Crippen molar-refractivity contribution in [2.75, 3.05) is 12.4 Å². The first kappa shape index (κ1) is 16.3. The predicted octanol–water partition coefficient (Wildman–Crippen LogP) is 4.20. The summed E-state index contributed by atoms with van der Waals surface area (Å²) < 4.78 is 6.93. The van der Waals surface area contributed by atoms with Gasteiger partial charge in [0.05, 0.1) is 17.8 Å². The molecule has 0 bridgehead atoms. The maximum Gasteiger partial charge on any atom is 0.274 e.